The molecule has 2 heterocycles. The van der Waals surface area contributed by atoms with Crippen molar-refractivity contribution in [3.05, 3.63) is 53.9 Å². The number of benzene rings is 1. The van der Waals surface area contributed by atoms with Gasteiger partial charge < -0.3 is 5.32 Å². The van der Waals surface area contributed by atoms with Gasteiger partial charge in [0.05, 0.1) is 12.7 Å². The second kappa shape index (κ2) is 6.68. The maximum Gasteiger partial charge on any atom is 0.0659 e. The summed E-state index contributed by atoms with van der Waals surface area (Å²) in [5.41, 5.74) is 2.60. The van der Waals surface area contributed by atoms with E-state index in [0.717, 1.165) is 32.7 Å². The summed E-state index contributed by atoms with van der Waals surface area (Å²) in [7, 11) is 0. The van der Waals surface area contributed by atoms with Crippen molar-refractivity contribution in [2.45, 2.75) is 19.5 Å². The number of rotatable bonds is 4. The molecule has 0 spiro atoms. The van der Waals surface area contributed by atoms with Gasteiger partial charge in [0.25, 0.3) is 0 Å². The zero-order valence-electron chi connectivity index (χ0n) is 11.8. The van der Waals surface area contributed by atoms with Gasteiger partial charge in [-0.1, -0.05) is 30.3 Å². The molecule has 1 N–H and O–H groups in total. The highest BCUT2D eigenvalue weighted by Crippen LogP contribution is 2.07. The van der Waals surface area contributed by atoms with Crippen LogP contribution in [0.3, 0.4) is 0 Å². The van der Waals surface area contributed by atoms with Crippen molar-refractivity contribution >= 4 is 0 Å². The first-order valence-corrected chi connectivity index (χ1v) is 7.38. The van der Waals surface area contributed by atoms with Crippen molar-refractivity contribution in [2.75, 3.05) is 26.2 Å². The Morgan fingerprint density at radius 2 is 1.90 bits per heavy atom. The van der Waals surface area contributed by atoms with Crippen LogP contribution in [-0.4, -0.2) is 40.9 Å². The minimum atomic E-state index is 0.850. The van der Waals surface area contributed by atoms with Crippen LogP contribution < -0.4 is 5.32 Å². The Balaban J connectivity index is 1.59. The van der Waals surface area contributed by atoms with Crippen molar-refractivity contribution in [1.29, 1.82) is 0 Å². The second-order valence-electron chi connectivity index (χ2n) is 5.41. The summed E-state index contributed by atoms with van der Waals surface area (Å²) in [5, 5.41) is 7.91. The molecule has 4 nitrogen and oxygen atoms in total. The molecule has 1 aromatic heterocycles. The Kier molecular flexibility index (Phi) is 4.46. The third-order valence-electron chi connectivity index (χ3n) is 3.71. The fraction of sp³-hybridized carbons (Fsp3) is 0.438. The maximum atomic E-state index is 4.47. The van der Waals surface area contributed by atoms with E-state index in [1.807, 2.05) is 16.9 Å². The lowest BCUT2D eigenvalue weighted by Gasteiger charge is -2.17. The van der Waals surface area contributed by atoms with E-state index in [1.54, 1.807) is 0 Å². The molecule has 0 amide bonds. The largest absolute Gasteiger partial charge is 0.315 e. The van der Waals surface area contributed by atoms with Gasteiger partial charge in [0, 0.05) is 31.4 Å². The van der Waals surface area contributed by atoms with Crippen LogP contribution in [0.15, 0.2) is 42.7 Å². The molecular formula is C16H22N4. The summed E-state index contributed by atoms with van der Waals surface area (Å²) >= 11 is 0. The van der Waals surface area contributed by atoms with Crippen LogP contribution in [0.25, 0.3) is 0 Å². The average Bonchev–Trinajstić information content (AvgIpc) is 2.74. The monoisotopic (exact) mass is 270 g/mol. The Labute approximate surface area is 120 Å². The molecule has 0 unspecified atom stereocenters. The fourth-order valence-electron chi connectivity index (χ4n) is 2.66. The van der Waals surface area contributed by atoms with Crippen LogP contribution in [0.4, 0.5) is 0 Å². The van der Waals surface area contributed by atoms with Crippen molar-refractivity contribution in [1.82, 2.24) is 20.0 Å². The topological polar surface area (TPSA) is 33.1 Å². The van der Waals surface area contributed by atoms with Crippen LogP contribution >= 0.6 is 0 Å². The number of hydrogen-bond acceptors (Lipinski definition) is 3. The molecule has 0 atom stereocenters. The van der Waals surface area contributed by atoms with E-state index in [0.29, 0.717) is 0 Å². The van der Waals surface area contributed by atoms with Gasteiger partial charge in [-0.3, -0.25) is 9.58 Å². The highest BCUT2D eigenvalue weighted by molar-refractivity contribution is 5.15. The number of hydrogen-bond donors (Lipinski definition) is 1. The molecule has 1 fully saturated rings. The SMILES string of the molecule is c1ccc(Cn2cc(CN3CCCNCC3)cn2)cc1. The highest BCUT2D eigenvalue weighted by atomic mass is 15.3. The van der Waals surface area contributed by atoms with E-state index in [-0.39, 0.29) is 0 Å². The predicted octanol–water partition coefficient (Wildman–Crippen LogP) is 1.73. The van der Waals surface area contributed by atoms with E-state index in [9.17, 15) is 0 Å². The van der Waals surface area contributed by atoms with Gasteiger partial charge >= 0.3 is 0 Å². The summed E-state index contributed by atoms with van der Waals surface area (Å²) in [6.45, 7) is 6.40. The minimum absolute atomic E-state index is 0.850. The van der Waals surface area contributed by atoms with E-state index in [1.165, 1.54) is 24.1 Å². The highest BCUT2D eigenvalue weighted by Gasteiger charge is 2.10. The van der Waals surface area contributed by atoms with E-state index < -0.39 is 0 Å². The van der Waals surface area contributed by atoms with Gasteiger partial charge in [0.15, 0.2) is 0 Å². The minimum Gasteiger partial charge on any atom is -0.315 e. The lowest BCUT2D eigenvalue weighted by Crippen LogP contribution is -2.27. The molecule has 1 aliphatic heterocycles. The predicted molar refractivity (Wildman–Crippen MR) is 80.5 cm³/mol. The third-order valence-corrected chi connectivity index (χ3v) is 3.71. The lowest BCUT2D eigenvalue weighted by atomic mass is 10.2. The number of aromatic nitrogens is 2. The first kappa shape index (κ1) is 13.3. The van der Waals surface area contributed by atoms with Gasteiger partial charge in [-0.05, 0) is 25.1 Å². The summed E-state index contributed by atoms with van der Waals surface area (Å²) in [6, 6.07) is 10.5. The lowest BCUT2D eigenvalue weighted by molar-refractivity contribution is 0.284. The van der Waals surface area contributed by atoms with Crippen molar-refractivity contribution in [2.24, 2.45) is 0 Å². The molecule has 0 bridgehead atoms. The van der Waals surface area contributed by atoms with Gasteiger partial charge in [-0.25, -0.2) is 0 Å². The molecule has 3 rings (SSSR count). The Hall–Kier alpha value is -1.65. The van der Waals surface area contributed by atoms with Gasteiger partial charge in [-0.2, -0.15) is 5.10 Å². The molecule has 1 aromatic carbocycles. The second-order valence-corrected chi connectivity index (χ2v) is 5.41. The quantitative estimate of drug-likeness (QED) is 0.918. The first-order chi connectivity index (χ1) is 9.90. The van der Waals surface area contributed by atoms with Crippen LogP contribution in [0.1, 0.15) is 17.5 Å². The summed E-state index contributed by atoms with van der Waals surface area (Å²) < 4.78 is 2.03. The summed E-state index contributed by atoms with van der Waals surface area (Å²) in [4.78, 5) is 2.50. The average molecular weight is 270 g/mol. The van der Waals surface area contributed by atoms with Gasteiger partial charge in [0.1, 0.15) is 0 Å². The standard InChI is InChI=1S/C16H22N4/c1-2-5-15(6-3-1)13-20-14-16(11-18-20)12-19-9-4-7-17-8-10-19/h1-3,5-6,11,14,17H,4,7-10,12-13H2. The maximum absolute atomic E-state index is 4.47. The molecule has 0 radical (unpaired) electrons. The first-order valence-electron chi connectivity index (χ1n) is 7.38. The van der Waals surface area contributed by atoms with Gasteiger partial charge in [-0.15, -0.1) is 0 Å². The zero-order chi connectivity index (χ0) is 13.6. The number of nitrogens with zero attached hydrogens (tertiary/aromatic N) is 3. The van der Waals surface area contributed by atoms with Crippen molar-refractivity contribution in [3.63, 3.8) is 0 Å². The molecule has 106 valence electrons. The molecule has 1 saturated heterocycles. The Bertz CT molecular complexity index is 512. The van der Waals surface area contributed by atoms with Crippen molar-refractivity contribution < 1.29 is 0 Å². The van der Waals surface area contributed by atoms with E-state index in [2.05, 4.69) is 45.8 Å². The van der Waals surface area contributed by atoms with Crippen LogP contribution in [0.2, 0.25) is 0 Å². The summed E-state index contributed by atoms with van der Waals surface area (Å²) in [5.74, 6) is 0. The van der Waals surface area contributed by atoms with Crippen LogP contribution in [0, 0.1) is 0 Å². The smallest absolute Gasteiger partial charge is 0.0659 e. The normalized spacial score (nSPS) is 17.0. The fourth-order valence-corrected chi connectivity index (χ4v) is 2.66. The molecule has 0 saturated carbocycles. The molecule has 1 aliphatic rings. The molecule has 0 aliphatic carbocycles. The summed E-state index contributed by atoms with van der Waals surface area (Å²) in [6.07, 6.45) is 5.41. The third kappa shape index (κ3) is 3.68. The van der Waals surface area contributed by atoms with Gasteiger partial charge in [0.2, 0.25) is 0 Å². The Morgan fingerprint density at radius 3 is 2.80 bits per heavy atom. The molecule has 20 heavy (non-hydrogen) atoms. The zero-order valence-corrected chi connectivity index (χ0v) is 11.8. The van der Waals surface area contributed by atoms with Crippen LogP contribution in [-0.2, 0) is 13.1 Å². The van der Waals surface area contributed by atoms with E-state index >= 15 is 0 Å². The van der Waals surface area contributed by atoms with Crippen molar-refractivity contribution in [3.8, 4) is 0 Å². The van der Waals surface area contributed by atoms with E-state index in [4.69, 9.17) is 0 Å². The number of nitrogens with one attached hydrogen (secondary N) is 1. The Morgan fingerprint density at radius 1 is 1.00 bits per heavy atom. The molecule has 2 aromatic rings. The molecule has 4 heteroatoms. The molecular weight excluding hydrogens is 248 g/mol. The van der Waals surface area contributed by atoms with Crippen LogP contribution in [0.5, 0.6) is 0 Å².